The van der Waals surface area contributed by atoms with Crippen LogP contribution in [-0.4, -0.2) is 53.0 Å². The molecule has 4 aromatic heterocycles. The molecule has 2 fully saturated rings. The highest BCUT2D eigenvalue weighted by Gasteiger charge is 2.21. The number of rotatable bonds is 2. The van der Waals surface area contributed by atoms with Gasteiger partial charge in [0.25, 0.3) is 0 Å². The SMILES string of the molecule is C1CCC(N2CCCCC2)CC1.Nc1ncc2c(-c3cnc4ncc(Cl)n4c3)ccn2n1. The molecule has 1 aliphatic heterocycles. The van der Waals surface area contributed by atoms with Crippen molar-refractivity contribution < 1.29 is 0 Å². The van der Waals surface area contributed by atoms with E-state index in [1.165, 1.54) is 64.5 Å². The van der Waals surface area contributed by atoms with Crippen LogP contribution in [-0.2, 0) is 0 Å². The van der Waals surface area contributed by atoms with Crippen LogP contribution in [0.15, 0.2) is 37.1 Å². The third-order valence-corrected chi connectivity index (χ3v) is 6.83. The van der Waals surface area contributed by atoms with E-state index in [-0.39, 0.29) is 5.95 Å². The maximum Gasteiger partial charge on any atom is 0.238 e. The molecule has 5 heterocycles. The second-order valence-electron chi connectivity index (χ2n) is 8.66. The van der Waals surface area contributed by atoms with E-state index >= 15 is 0 Å². The molecule has 2 aliphatic rings. The van der Waals surface area contributed by atoms with Gasteiger partial charge in [-0.2, -0.15) is 0 Å². The molecule has 0 aromatic carbocycles. The van der Waals surface area contributed by atoms with E-state index in [9.17, 15) is 0 Å². The van der Waals surface area contributed by atoms with Gasteiger partial charge >= 0.3 is 0 Å². The van der Waals surface area contributed by atoms with Gasteiger partial charge in [0.2, 0.25) is 11.7 Å². The zero-order valence-electron chi connectivity index (χ0n) is 18.2. The summed E-state index contributed by atoms with van der Waals surface area (Å²) in [5.41, 5.74) is 8.26. The third kappa shape index (κ3) is 4.42. The Morgan fingerprint density at radius 2 is 1.66 bits per heavy atom. The topological polar surface area (TPSA) is 89.6 Å². The summed E-state index contributed by atoms with van der Waals surface area (Å²) < 4.78 is 3.40. The molecule has 0 radical (unpaired) electrons. The fraction of sp³-hybridized carbons (Fsp3) is 0.478. The van der Waals surface area contributed by atoms with E-state index < -0.39 is 0 Å². The zero-order chi connectivity index (χ0) is 21.9. The quantitative estimate of drug-likeness (QED) is 0.482. The number of anilines is 1. The Bertz CT molecular complexity index is 1170. The number of hydrogen-bond acceptors (Lipinski definition) is 6. The molecule has 0 amide bonds. The van der Waals surface area contributed by atoms with Crippen molar-refractivity contribution in [3.63, 3.8) is 0 Å². The average molecular weight is 453 g/mol. The molecule has 32 heavy (non-hydrogen) atoms. The van der Waals surface area contributed by atoms with Gasteiger partial charge in [-0.05, 0) is 44.8 Å². The molecular weight excluding hydrogens is 424 g/mol. The first-order chi connectivity index (χ1) is 15.7. The summed E-state index contributed by atoms with van der Waals surface area (Å²) in [5, 5.41) is 4.62. The number of fused-ring (bicyclic) bond motifs is 2. The van der Waals surface area contributed by atoms with E-state index in [1.54, 1.807) is 27.5 Å². The summed E-state index contributed by atoms with van der Waals surface area (Å²) in [4.78, 5) is 15.1. The van der Waals surface area contributed by atoms with Gasteiger partial charge in [-0.3, -0.25) is 4.40 Å². The zero-order valence-corrected chi connectivity index (χ0v) is 19.0. The first-order valence-electron chi connectivity index (χ1n) is 11.5. The Hall–Kier alpha value is -2.71. The van der Waals surface area contributed by atoms with Gasteiger partial charge in [-0.25, -0.2) is 19.5 Å². The molecule has 1 aliphatic carbocycles. The van der Waals surface area contributed by atoms with Crippen LogP contribution in [0, 0.1) is 0 Å². The van der Waals surface area contributed by atoms with Crippen molar-refractivity contribution >= 4 is 28.8 Å². The van der Waals surface area contributed by atoms with Crippen LogP contribution in [0.1, 0.15) is 51.4 Å². The van der Waals surface area contributed by atoms with Crippen LogP contribution in [0.5, 0.6) is 0 Å². The molecular formula is C23H29ClN8. The lowest BCUT2D eigenvalue weighted by Crippen LogP contribution is -2.40. The molecule has 6 rings (SSSR count). The molecule has 1 saturated carbocycles. The number of aromatic nitrogens is 6. The highest BCUT2D eigenvalue weighted by atomic mass is 35.5. The number of imidazole rings is 1. The van der Waals surface area contributed by atoms with Crippen molar-refractivity contribution in [1.29, 1.82) is 0 Å². The molecule has 4 aromatic rings. The fourth-order valence-electron chi connectivity index (χ4n) is 4.87. The van der Waals surface area contributed by atoms with Crippen molar-refractivity contribution in [3.05, 3.63) is 42.2 Å². The largest absolute Gasteiger partial charge is 0.367 e. The maximum absolute atomic E-state index is 6.06. The van der Waals surface area contributed by atoms with Gasteiger partial charge in [-0.15, -0.1) is 5.10 Å². The van der Waals surface area contributed by atoms with E-state index in [0.29, 0.717) is 10.9 Å². The van der Waals surface area contributed by atoms with Gasteiger partial charge in [-0.1, -0.05) is 37.3 Å². The van der Waals surface area contributed by atoms with Crippen LogP contribution >= 0.6 is 11.6 Å². The van der Waals surface area contributed by atoms with Crippen LogP contribution in [0.25, 0.3) is 22.4 Å². The first kappa shape index (κ1) is 21.2. The van der Waals surface area contributed by atoms with Gasteiger partial charge in [0.05, 0.1) is 17.9 Å². The van der Waals surface area contributed by atoms with Crippen LogP contribution in [0.2, 0.25) is 5.15 Å². The smallest absolute Gasteiger partial charge is 0.238 e. The fourth-order valence-corrected chi connectivity index (χ4v) is 5.05. The van der Waals surface area contributed by atoms with Crippen molar-refractivity contribution in [2.45, 2.75) is 57.4 Å². The minimum absolute atomic E-state index is 0.228. The van der Waals surface area contributed by atoms with Crippen molar-refractivity contribution in [3.8, 4) is 11.1 Å². The summed E-state index contributed by atoms with van der Waals surface area (Å²) in [5.74, 6) is 0.786. The number of nitrogen functional groups attached to an aromatic ring is 1. The number of likely N-dealkylation sites (tertiary alicyclic amines) is 1. The predicted octanol–water partition coefficient (Wildman–Crippen LogP) is 4.48. The Balaban J connectivity index is 0.000000154. The van der Waals surface area contributed by atoms with Crippen LogP contribution in [0.3, 0.4) is 0 Å². The molecule has 168 valence electrons. The second-order valence-corrected chi connectivity index (χ2v) is 9.04. The van der Waals surface area contributed by atoms with Gasteiger partial charge in [0.1, 0.15) is 5.15 Å². The molecule has 0 atom stereocenters. The Kier molecular flexibility index (Phi) is 6.23. The third-order valence-electron chi connectivity index (χ3n) is 6.55. The van der Waals surface area contributed by atoms with Crippen LogP contribution in [0.4, 0.5) is 5.95 Å². The van der Waals surface area contributed by atoms with Crippen LogP contribution < -0.4 is 5.73 Å². The van der Waals surface area contributed by atoms with E-state index in [2.05, 4.69) is 25.0 Å². The summed E-state index contributed by atoms with van der Waals surface area (Å²) in [6.45, 7) is 2.79. The van der Waals surface area contributed by atoms with E-state index in [1.807, 2.05) is 18.5 Å². The molecule has 1 saturated heterocycles. The van der Waals surface area contributed by atoms with Crippen molar-refractivity contribution in [1.82, 2.24) is 33.9 Å². The van der Waals surface area contributed by atoms with Gasteiger partial charge < -0.3 is 10.6 Å². The number of hydrogen-bond donors (Lipinski definition) is 1. The summed E-state index contributed by atoms with van der Waals surface area (Å²) in [7, 11) is 0. The molecule has 2 N–H and O–H groups in total. The Morgan fingerprint density at radius 3 is 2.47 bits per heavy atom. The Labute approximate surface area is 192 Å². The van der Waals surface area contributed by atoms with Crippen molar-refractivity contribution in [2.24, 2.45) is 0 Å². The summed E-state index contributed by atoms with van der Waals surface area (Å²) in [6.07, 6.45) is 20.5. The lowest BCUT2D eigenvalue weighted by atomic mass is 9.93. The molecule has 0 spiro atoms. The summed E-state index contributed by atoms with van der Waals surface area (Å²) >= 11 is 6.06. The van der Waals surface area contributed by atoms with E-state index in [4.69, 9.17) is 17.3 Å². The minimum Gasteiger partial charge on any atom is -0.367 e. The number of nitrogens with zero attached hydrogens (tertiary/aromatic N) is 7. The Morgan fingerprint density at radius 1 is 0.906 bits per heavy atom. The van der Waals surface area contributed by atoms with E-state index in [0.717, 1.165) is 22.7 Å². The number of halogens is 1. The second kappa shape index (κ2) is 9.42. The minimum atomic E-state index is 0.228. The average Bonchev–Trinajstić information content (AvgIpc) is 3.43. The number of nitrogens with two attached hydrogens (primary N) is 1. The molecule has 0 bridgehead atoms. The standard InChI is InChI=1S/C12H8ClN7.C11H21N/c13-10-5-17-12-16-3-7(6-19(10)12)8-1-2-20-9(8)4-15-11(14)18-20;1-3-7-11(8-4-1)12-9-5-2-6-10-12/h1-6H,(H2,14,18);11H,1-10H2. The molecule has 9 heteroatoms. The monoisotopic (exact) mass is 452 g/mol. The highest BCUT2D eigenvalue weighted by molar-refractivity contribution is 6.29. The number of piperidine rings is 1. The summed E-state index contributed by atoms with van der Waals surface area (Å²) in [6, 6.07) is 2.90. The first-order valence-corrected chi connectivity index (χ1v) is 11.9. The molecule has 0 unspecified atom stereocenters. The van der Waals surface area contributed by atoms with Gasteiger partial charge in [0, 0.05) is 35.8 Å². The predicted molar refractivity (Wildman–Crippen MR) is 127 cm³/mol. The van der Waals surface area contributed by atoms with Crippen molar-refractivity contribution in [2.75, 3.05) is 18.8 Å². The lowest BCUT2D eigenvalue weighted by Gasteiger charge is -2.36. The lowest BCUT2D eigenvalue weighted by molar-refractivity contribution is 0.131. The normalized spacial score (nSPS) is 18.0. The highest BCUT2D eigenvalue weighted by Crippen LogP contribution is 2.26. The van der Waals surface area contributed by atoms with Gasteiger partial charge in [0.15, 0.2) is 0 Å². The maximum atomic E-state index is 6.06. The molecule has 8 nitrogen and oxygen atoms in total.